The third-order valence-corrected chi connectivity index (χ3v) is 3.71. The molecule has 0 aliphatic heterocycles. The molecule has 8 heteroatoms. The first-order valence-electron chi connectivity index (χ1n) is 5.92. The van der Waals surface area contributed by atoms with Gasteiger partial charge in [0.2, 0.25) is 0 Å². The molecular weight excluding hydrogens is 295 g/mol. The molecule has 0 atom stereocenters. The maximum atomic E-state index is 11.7. The van der Waals surface area contributed by atoms with Gasteiger partial charge in [-0.3, -0.25) is 4.74 Å². The van der Waals surface area contributed by atoms with E-state index in [0.717, 1.165) is 15.2 Å². The lowest BCUT2D eigenvalue weighted by molar-refractivity contribution is -0.613. The van der Waals surface area contributed by atoms with Crippen LogP contribution in [-0.2, 0) is 9.47 Å². The van der Waals surface area contributed by atoms with Crippen molar-refractivity contribution in [2.45, 2.75) is 25.1 Å². The summed E-state index contributed by atoms with van der Waals surface area (Å²) >= 11 is 1.49. The summed E-state index contributed by atoms with van der Waals surface area (Å²) in [6.07, 6.45) is -3.17. The lowest BCUT2D eigenvalue weighted by Crippen LogP contribution is -2.30. The maximum Gasteiger partial charge on any atom is 0.522 e. The van der Waals surface area contributed by atoms with Crippen LogP contribution in [0.15, 0.2) is 17.2 Å². The predicted molar refractivity (Wildman–Crippen MR) is 68.4 cm³/mol. The second-order valence-electron chi connectivity index (χ2n) is 3.97. The number of pyridine rings is 1. The topological polar surface area (TPSA) is 45.4 Å². The van der Waals surface area contributed by atoms with E-state index in [0.29, 0.717) is 18.1 Å². The first kappa shape index (κ1) is 17.1. The Kier molecular flexibility index (Phi) is 6.57. The van der Waals surface area contributed by atoms with Gasteiger partial charge in [-0.2, -0.15) is 4.73 Å². The third kappa shape index (κ3) is 5.98. The summed E-state index contributed by atoms with van der Waals surface area (Å²) in [5.74, 6) is 0.592. The zero-order valence-electron chi connectivity index (χ0n) is 11.2. The molecule has 1 heterocycles. The molecule has 0 aromatic carbocycles. The molecule has 0 fully saturated rings. The number of aromatic nitrogens is 1. The van der Waals surface area contributed by atoms with Crippen LogP contribution in [0.4, 0.5) is 13.2 Å². The average molecular weight is 311 g/mol. The van der Waals surface area contributed by atoms with Crippen molar-refractivity contribution in [1.82, 2.24) is 0 Å². The van der Waals surface area contributed by atoms with Crippen LogP contribution in [0.2, 0.25) is 0 Å². The van der Waals surface area contributed by atoms with Crippen molar-refractivity contribution in [3.63, 3.8) is 0 Å². The Morgan fingerprint density at radius 2 is 1.95 bits per heavy atom. The number of ether oxygens (including phenoxy) is 2. The Balaban J connectivity index is 2.21. The highest BCUT2D eigenvalue weighted by Crippen LogP contribution is 2.22. The third-order valence-electron chi connectivity index (χ3n) is 2.58. The molecule has 0 aliphatic rings. The second kappa shape index (κ2) is 7.70. The smallest absolute Gasteiger partial charge is 0.522 e. The number of alkyl halides is 3. The maximum absolute atomic E-state index is 11.7. The van der Waals surface area contributed by atoms with E-state index in [1.54, 1.807) is 13.0 Å². The van der Waals surface area contributed by atoms with E-state index in [2.05, 4.69) is 4.74 Å². The molecule has 0 unspecified atom stereocenters. The van der Waals surface area contributed by atoms with Crippen molar-refractivity contribution >= 4 is 11.8 Å². The van der Waals surface area contributed by atoms with E-state index in [9.17, 15) is 18.4 Å². The van der Waals surface area contributed by atoms with Crippen molar-refractivity contribution in [1.29, 1.82) is 0 Å². The Morgan fingerprint density at radius 1 is 1.25 bits per heavy atom. The zero-order valence-corrected chi connectivity index (χ0v) is 12.0. The summed E-state index contributed by atoms with van der Waals surface area (Å²) < 4.78 is 44.4. The van der Waals surface area contributed by atoms with Gasteiger partial charge in [0.15, 0.2) is 11.9 Å². The van der Waals surface area contributed by atoms with Gasteiger partial charge in [-0.25, -0.2) is 0 Å². The van der Waals surface area contributed by atoms with Crippen LogP contribution >= 0.6 is 11.8 Å². The van der Waals surface area contributed by atoms with Gasteiger partial charge in [-0.1, -0.05) is 0 Å². The fraction of sp³-hybridized carbons (Fsp3) is 0.583. The van der Waals surface area contributed by atoms with Gasteiger partial charge in [0.1, 0.15) is 0 Å². The van der Waals surface area contributed by atoms with Crippen LogP contribution in [0.1, 0.15) is 11.3 Å². The fourth-order valence-corrected chi connectivity index (χ4v) is 2.34. The minimum atomic E-state index is -4.61. The van der Waals surface area contributed by atoms with Gasteiger partial charge in [-0.15, -0.1) is 24.9 Å². The molecule has 114 valence electrons. The van der Waals surface area contributed by atoms with Crippen LogP contribution in [-0.4, -0.2) is 31.9 Å². The molecule has 0 spiro atoms. The summed E-state index contributed by atoms with van der Waals surface area (Å²) in [6.45, 7) is 3.29. The highest BCUT2D eigenvalue weighted by atomic mass is 32.2. The Morgan fingerprint density at radius 3 is 2.60 bits per heavy atom. The minimum absolute atomic E-state index is 0.104. The van der Waals surface area contributed by atoms with Crippen molar-refractivity contribution in [3.8, 4) is 0 Å². The molecule has 0 amide bonds. The largest absolute Gasteiger partial charge is 0.619 e. The van der Waals surface area contributed by atoms with E-state index in [4.69, 9.17) is 4.74 Å². The monoisotopic (exact) mass is 311 g/mol. The molecule has 0 saturated heterocycles. The standard InChI is InChI=1S/C12H16F3NO3S/c1-9-10(2)16(17)4-3-11(9)20-8-7-18-5-6-19-12(13,14)15/h3-4H,5-8H2,1-2H3. The Hall–Kier alpha value is -0.990. The first-order valence-corrected chi connectivity index (χ1v) is 6.90. The lowest BCUT2D eigenvalue weighted by Gasteiger charge is -2.09. The SMILES string of the molecule is Cc1c(SCCOCCOC(F)(F)F)cc[n+]([O-])c1C. The van der Waals surface area contributed by atoms with Crippen molar-refractivity contribution in [2.75, 3.05) is 25.6 Å². The van der Waals surface area contributed by atoms with Gasteiger partial charge in [0.25, 0.3) is 0 Å². The summed E-state index contributed by atoms with van der Waals surface area (Å²) in [5, 5.41) is 11.3. The summed E-state index contributed by atoms with van der Waals surface area (Å²) in [7, 11) is 0. The van der Waals surface area contributed by atoms with Gasteiger partial charge in [-0.05, 0) is 6.92 Å². The molecule has 0 aliphatic carbocycles. The molecule has 20 heavy (non-hydrogen) atoms. The van der Waals surface area contributed by atoms with E-state index < -0.39 is 13.0 Å². The molecular formula is C12H16F3NO3S. The van der Waals surface area contributed by atoms with E-state index in [1.807, 2.05) is 6.92 Å². The quantitative estimate of drug-likeness (QED) is 0.336. The fourth-order valence-electron chi connectivity index (χ4n) is 1.40. The zero-order chi connectivity index (χ0) is 15.2. The molecule has 4 nitrogen and oxygen atoms in total. The van der Waals surface area contributed by atoms with Crippen LogP contribution in [0, 0.1) is 19.1 Å². The number of hydrogen-bond acceptors (Lipinski definition) is 4. The molecule has 0 bridgehead atoms. The number of thioether (sulfide) groups is 1. The van der Waals surface area contributed by atoms with Crippen molar-refractivity contribution in [2.24, 2.45) is 0 Å². The van der Waals surface area contributed by atoms with E-state index in [-0.39, 0.29) is 6.61 Å². The predicted octanol–water partition coefficient (Wildman–Crippen LogP) is 2.58. The number of halogens is 3. The summed E-state index contributed by atoms with van der Waals surface area (Å²) in [6, 6.07) is 1.72. The second-order valence-corrected chi connectivity index (χ2v) is 5.11. The normalized spacial score (nSPS) is 11.8. The van der Waals surface area contributed by atoms with E-state index in [1.165, 1.54) is 18.0 Å². The van der Waals surface area contributed by atoms with E-state index >= 15 is 0 Å². The first-order chi connectivity index (χ1) is 9.31. The van der Waals surface area contributed by atoms with Crippen LogP contribution in [0.5, 0.6) is 0 Å². The van der Waals surface area contributed by atoms with Crippen molar-refractivity contribution < 1.29 is 27.4 Å². The van der Waals surface area contributed by atoms with Gasteiger partial charge in [0, 0.05) is 29.2 Å². The molecule has 1 rings (SSSR count). The number of nitrogens with zero attached hydrogens (tertiary/aromatic N) is 1. The van der Waals surface area contributed by atoms with Crippen LogP contribution < -0.4 is 4.73 Å². The van der Waals surface area contributed by atoms with Crippen molar-refractivity contribution in [3.05, 3.63) is 28.7 Å². The van der Waals surface area contributed by atoms with Gasteiger partial charge >= 0.3 is 6.36 Å². The molecule has 1 aromatic rings. The molecule has 1 aromatic heterocycles. The minimum Gasteiger partial charge on any atom is -0.619 e. The number of hydrogen-bond donors (Lipinski definition) is 0. The van der Waals surface area contributed by atoms with Gasteiger partial charge in [0.05, 0.1) is 19.8 Å². The Labute approximate surface area is 119 Å². The molecule has 0 saturated carbocycles. The highest BCUT2D eigenvalue weighted by Gasteiger charge is 2.28. The molecule has 0 radical (unpaired) electrons. The number of rotatable bonds is 7. The lowest BCUT2D eigenvalue weighted by atomic mass is 10.2. The van der Waals surface area contributed by atoms with Gasteiger partial charge < -0.3 is 9.94 Å². The summed E-state index contributed by atoms with van der Waals surface area (Å²) in [4.78, 5) is 0.963. The Bertz CT molecular complexity index is 441. The highest BCUT2D eigenvalue weighted by molar-refractivity contribution is 7.99. The van der Waals surface area contributed by atoms with Crippen LogP contribution in [0.25, 0.3) is 0 Å². The molecule has 0 N–H and O–H groups in total. The summed E-state index contributed by atoms with van der Waals surface area (Å²) in [5.41, 5.74) is 1.53. The average Bonchev–Trinajstić information content (AvgIpc) is 2.36. The van der Waals surface area contributed by atoms with Crippen LogP contribution in [0.3, 0.4) is 0 Å².